The fourth-order valence-electron chi connectivity index (χ4n) is 5.22. The number of benzene rings is 1. The van der Waals surface area contributed by atoms with E-state index in [2.05, 4.69) is 56.4 Å². The molecule has 0 saturated heterocycles. The van der Waals surface area contributed by atoms with Crippen LogP contribution in [0.1, 0.15) is 121 Å². The van der Waals surface area contributed by atoms with E-state index in [1.807, 2.05) is 0 Å². The van der Waals surface area contributed by atoms with E-state index in [1.54, 1.807) is 0 Å². The Labute approximate surface area is 192 Å². The third kappa shape index (κ3) is 8.09. The third-order valence-electron chi connectivity index (χ3n) is 7.37. The maximum atomic E-state index is 4.89. The van der Waals surface area contributed by atoms with Crippen molar-refractivity contribution in [2.75, 3.05) is 0 Å². The molecule has 0 N–H and O–H groups in total. The Morgan fingerprint density at radius 1 is 0.677 bits per heavy atom. The Morgan fingerprint density at radius 3 is 1.97 bits per heavy atom. The van der Waals surface area contributed by atoms with Crippen LogP contribution >= 0.6 is 0 Å². The van der Waals surface area contributed by atoms with E-state index >= 15 is 0 Å². The van der Waals surface area contributed by atoms with Crippen molar-refractivity contribution in [1.82, 2.24) is 4.98 Å². The topological polar surface area (TPSA) is 12.9 Å². The molecule has 1 nitrogen and oxygen atoms in total. The number of aryl methyl sites for hydroxylation is 1. The number of rotatable bonds is 13. The molecule has 1 aliphatic rings. The van der Waals surface area contributed by atoms with E-state index in [1.165, 1.54) is 119 Å². The molecule has 3 rings (SSSR count). The maximum absolute atomic E-state index is 4.89. The summed E-state index contributed by atoms with van der Waals surface area (Å²) in [6.45, 7) is 4.57. The van der Waals surface area contributed by atoms with Crippen molar-refractivity contribution in [3.63, 3.8) is 0 Å². The van der Waals surface area contributed by atoms with Crippen molar-refractivity contribution < 1.29 is 0 Å². The second-order valence-electron chi connectivity index (χ2n) is 9.90. The minimum atomic E-state index is 0.677. The molecule has 0 atom stereocenters. The van der Waals surface area contributed by atoms with Crippen LogP contribution in [0.3, 0.4) is 0 Å². The van der Waals surface area contributed by atoms with Gasteiger partial charge in [-0.2, -0.15) is 0 Å². The molecule has 0 radical (unpaired) electrons. The SMILES string of the molecule is CCCCCCC[C@H]1CC[C@H](c2ccc(-c3ccc(CCCCCC)cc3)cn2)CC1. The molecular formula is C30H45N. The van der Waals surface area contributed by atoms with Crippen LogP contribution in [0.4, 0.5) is 0 Å². The average molecular weight is 420 g/mol. The van der Waals surface area contributed by atoms with Gasteiger partial charge in [0.2, 0.25) is 0 Å². The summed E-state index contributed by atoms with van der Waals surface area (Å²) in [6, 6.07) is 13.7. The van der Waals surface area contributed by atoms with Gasteiger partial charge in [-0.25, -0.2) is 0 Å². The van der Waals surface area contributed by atoms with E-state index < -0.39 is 0 Å². The summed E-state index contributed by atoms with van der Waals surface area (Å²) in [5.41, 5.74) is 5.33. The molecule has 0 unspecified atom stereocenters. The fraction of sp³-hybridized carbons (Fsp3) is 0.633. The number of nitrogens with zero attached hydrogens (tertiary/aromatic N) is 1. The first-order chi connectivity index (χ1) is 15.3. The van der Waals surface area contributed by atoms with Crippen LogP contribution < -0.4 is 0 Å². The van der Waals surface area contributed by atoms with Gasteiger partial charge in [0.15, 0.2) is 0 Å². The van der Waals surface area contributed by atoms with Crippen molar-refractivity contribution in [1.29, 1.82) is 0 Å². The number of unbranched alkanes of at least 4 members (excludes halogenated alkanes) is 7. The zero-order chi connectivity index (χ0) is 21.7. The number of hydrogen-bond donors (Lipinski definition) is 0. The molecule has 0 amide bonds. The first-order valence-corrected chi connectivity index (χ1v) is 13.4. The van der Waals surface area contributed by atoms with Crippen LogP contribution in [0.15, 0.2) is 42.6 Å². The van der Waals surface area contributed by atoms with Crippen LogP contribution in [0.5, 0.6) is 0 Å². The van der Waals surface area contributed by atoms with Gasteiger partial charge in [-0.15, -0.1) is 0 Å². The summed E-state index contributed by atoms with van der Waals surface area (Å²) >= 11 is 0. The number of hydrogen-bond acceptors (Lipinski definition) is 1. The summed E-state index contributed by atoms with van der Waals surface area (Å²) in [7, 11) is 0. The summed E-state index contributed by atoms with van der Waals surface area (Å²) in [5.74, 6) is 1.65. The minimum Gasteiger partial charge on any atom is -0.260 e. The largest absolute Gasteiger partial charge is 0.260 e. The number of pyridine rings is 1. The Kier molecular flexibility index (Phi) is 10.6. The lowest BCUT2D eigenvalue weighted by Gasteiger charge is -2.28. The molecule has 0 spiro atoms. The van der Waals surface area contributed by atoms with E-state index in [0.29, 0.717) is 5.92 Å². The van der Waals surface area contributed by atoms with Gasteiger partial charge in [-0.1, -0.05) is 102 Å². The van der Waals surface area contributed by atoms with Gasteiger partial charge in [0.05, 0.1) is 0 Å². The molecule has 1 aromatic heterocycles. The van der Waals surface area contributed by atoms with Crippen molar-refractivity contribution in [3.8, 4) is 11.1 Å². The molecule has 1 aromatic carbocycles. The molecule has 170 valence electrons. The predicted molar refractivity (Wildman–Crippen MR) is 136 cm³/mol. The van der Waals surface area contributed by atoms with Crippen molar-refractivity contribution in [2.45, 2.75) is 116 Å². The van der Waals surface area contributed by atoms with E-state index in [-0.39, 0.29) is 0 Å². The second kappa shape index (κ2) is 13.7. The van der Waals surface area contributed by atoms with E-state index in [9.17, 15) is 0 Å². The quantitative estimate of drug-likeness (QED) is 0.294. The van der Waals surface area contributed by atoms with Crippen molar-refractivity contribution in [2.24, 2.45) is 5.92 Å². The molecule has 31 heavy (non-hydrogen) atoms. The molecule has 1 fully saturated rings. The normalized spacial score (nSPS) is 18.9. The summed E-state index contributed by atoms with van der Waals surface area (Å²) in [5, 5.41) is 0. The molecular weight excluding hydrogens is 374 g/mol. The van der Waals surface area contributed by atoms with Crippen LogP contribution in [0, 0.1) is 5.92 Å². The van der Waals surface area contributed by atoms with Crippen LogP contribution in [-0.2, 0) is 6.42 Å². The monoisotopic (exact) mass is 419 g/mol. The van der Waals surface area contributed by atoms with Crippen LogP contribution in [0.25, 0.3) is 11.1 Å². The zero-order valence-corrected chi connectivity index (χ0v) is 20.2. The molecule has 2 aromatic rings. The van der Waals surface area contributed by atoms with Crippen molar-refractivity contribution >= 4 is 0 Å². The lowest BCUT2D eigenvalue weighted by molar-refractivity contribution is 0.299. The summed E-state index contributed by atoms with van der Waals surface area (Å²) in [4.78, 5) is 4.89. The molecule has 1 saturated carbocycles. The minimum absolute atomic E-state index is 0.677. The Bertz CT molecular complexity index is 707. The number of aromatic nitrogens is 1. The average Bonchev–Trinajstić information content (AvgIpc) is 2.83. The van der Waals surface area contributed by atoms with Gasteiger partial charge >= 0.3 is 0 Å². The molecule has 0 bridgehead atoms. The lowest BCUT2D eigenvalue weighted by atomic mass is 9.78. The molecule has 1 heterocycles. The highest BCUT2D eigenvalue weighted by Crippen LogP contribution is 2.37. The maximum Gasteiger partial charge on any atom is 0.0434 e. The van der Waals surface area contributed by atoms with Gasteiger partial charge in [-0.05, 0) is 61.6 Å². The first-order valence-electron chi connectivity index (χ1n) is 13.4. The molecule has 0 aliphatic heterocycles. The highest BCUT2D eigenvalue weighted by molar-refractivity contribution is 5.62. The summed E-state index contributed by atoms with van der Waals surface area (Å²) < 4.78 is 0. The van der Waals surface area contributed by atoms with E-state index in [4.69, 9.17) is 4.98 Å². The van der Waals surface area contributed by atoms with Gasteiger partial charge in [0.25, 0.3) is 0 Å². The van der Waals surface area contributed by atoms with Crippen molar-refractivity contribution in [3.05, 3.63) is 53.9 Å². The Morgan fingerprint density at radius 2 is 1.32 bits per heavy atom. The summed E-state index contributed by atoms with van der Waals surface area (Å²) in [6.07, 6.45) is 22.6. The van der Waals surface area contributed by atoms with Gasteiger partial charge < -0.3 is 0 Å². The lowest BCUT2D eigenvalue weighted by Crippen LogP contribution is -2.14. The van der Waals surface area contributed by atoms with Gasteiger partial charge in [-0.3, -0.25) is 4.98 Å². The fourth-order valence-corrected chi connectivity index (χ4v) is 5.22. The standard InChI is InChI=1S/C30H45N/c1-3-5-7-9-11-13-26-16-20-28(21-17-26)30-23-22-29(24-31-30)27-18-14-25(15-19-27)12-10-8-6-4-2/h14-15,18-19,22-24,26,28H,3-13,16-17,20-21H2,1-2H3/t26-,28-. The highest BCUT2D eigenvalue weighted by atomic mass is 14.7. The van der Waals surface area contributed by atoms with E-state index in [0.717, 1.165) is 5.92 Å². The van der Waals surface area contributed by atoms with Gasteiger partial charge in [0, 0.05) is 23.4 Å². The Hall–Kier alpha value is -1.63. The van der Waals surface area contributed by atoms with Crippen LogP contribution in [-0.4, -0.2) is 4.98 Å². The van der Waals surface area contributed by atoms with Crippen LogP contribution in [0.2, 0.25) is 0 Å². The smallest absolute Gasteiger partial charge is 0.0434 e. The van der Waals surface area contributed by atoms with Gasteiger partial charge in [0.1, 0.15) is 0 Å². The Balaban J connectivity index is 1.43. The first kappa shape index (κ1) is 24.0. The third-order valence-corrected chi connectivity index (χ3v) is 7.37. The second-order valence-corrected chi connectivity index (χ2v) is 9.90. The molecule has 1 heteroatoms. The molecule has 1 aliphatic carbocycles. The highest BCUT2D eigenvalue weighted by Gasteiger charge is 2.22. The predicted octanol–water partition coefficient (Wildman–Crippen LogP) is 9.51. The zero-order valence-electron chi connectivity index (χ0n) is 20.2.